The summed E-state index contributed by atoms with van der Waals surface area (Å²) in [5.41, 5.74) is 22.6. The van der Waals surface area contributed by atoms with E-state index in [0.29, 0.717) is 0 Å². The number of para-hydroxylation sites is 2. The highest BCUT2D eigenvalue weighted by Crippen LogP contribution is 2.53. The monoisotopic (exact) mass is 979 g/mol. The zero-order valence-corrected chi connectivity index (χ0v) is 46.9. The lowest BCUT2D eigenvalue weighted by Gasteiger charge is -2.41. The maximum Gasteiger partial charge on any atom is 0.335 e. The van der Waals surface area contributed by atoms with Gasteiger partial charge in [-0.25, -0.2) is 0 Å². The van der Waals surface area contributed by atoms with Crippen LogP contribution in [0.5, 0.6) is 0 Å². The minimum absolute atomic E-state index is 0.00429. The highest BCUT2D eigenvalue weighted by Gasteiger charge is 2.47. The van der Waals surface area contributed by atoms with Gasteiger partial charge in [-0.05, 0) is 156 Å². The minimum atomic E-state index is -0.167. The molecule has 75 heavy (non-hydrogen) atoms. The summed E-state index contributed by atoms with van der Waals surface area (Å²) in [6, 6.07) is 61.5. The van der Waals surface area contributed by atoms with Gasteiger partial charge in [0, 0.05) is 66.4 Å². The second-order valence-corrected chi connectivity index (χ2v) is 27.2. The van der Waals surface area contributed by atoms with Crippen LogP contribution in [-0.2, 0) is 27.1 Å². The summed E-state index contributed by atoms with van der Waals surface area (Å²) in [5.74, 6) is 1.19. The maximum atomic E-state index is 2.81. The predicted octanol–water partition coefficient (Wildman–Crippen LogP) is 17.7. The van der Waals surface area contributed by atoms with E-state index in [1.807, 2.05) is 0 Å². The summed E-state index contributed by atoms with van der Waals surface area (Å²) in [6.07, 6.45) is 0. The molecule has 8 aromatic carbocycles. The van der Waals surface area contributed by atoms with Crippen molar-refractivity contribution in [3.63, 3.8) is 0 Å². The van der Waals surface area contributed by atoms with Gasteiger partial charge in [-0.3, -0.25) is 9.47 Å². The smallest absolute Gasteiger partial charge is 0.335 e. The van der Waals surface area contributed by atoms with Gasteiger partial charge in [0.2, 0.25) is 0 Å². The van der Waals surface area contributed by atoms with Crippen LogP contribution < -0.4 is 15.8 Å². The molecule has 0 saturated carbocycles. The molecule has 374 valence electrons. The Labute approximate surface area is 444 Å². The molecule has 5 heterocycles. The first-order chi connectivity index (χ1) is 35.4. The Morgan fingerprint density at radius 3 is 1.36 bits per heavy atom. The van der Waals surface area contributed by atoms with E-state index in [4.69, 9.17) is 0 Å². The first kappa shape index (κ1) is 47.5. The summed E-state index contributed by atoms with van der Waals surface area (Å²) in [7, 11) is 0. The van der Waals surface area contributed by atoms with Crippen LogP contribution >= 0.6 is 0 Å². The normalized spacial score (nSPS) is 14.0. The lowest BCUT2D eigenvalue weighted by molar-refractivity contribution is 0.590. The highest BCUT2D eigenvalue weighted by atomic mass is 15.3. The lowest BCUT2D eigenvalue weighted by atomic mass is 9.45. The third kappa shape index (κ3) is 7.02. The van der Waals surface area contributed by atoms with Gasteiger partial charge < -0.3 is 9.05 Å². The second-order valence-electron chi connectivity index (χ2n) is 27.2. The van der Waals surface area contributed by atoms with Crippen LogP contribution in [-0.4, -0.2) is 20.5 Å². The molecule has 0 radical (unpaired) electrons. The molecule has 0 unspecified atom stereocenters. The molecule has 0 fully saturated rings. The van der Waals surface area contributed by atoms with Crippen LogP contribution in [0.2, 0.25) is 0 Å². The van der Waals surface area contributed by atoms with Crippen LogP contribution in [0.1, 0.15) is 132 Å². The fourth-order valence-electron chi connectivity index (χ4n) is 12.7. The molecule has 11 aromatic rings. The molecule has 0 amide bonds. The first-order valence-electron chi connectivity index (χ1n) is 27.4. The molecule has 0 atom stereocenters. The van der Waals surface area contributed by atoms with E-state index in [1.54, 1.807) is 0 Å². The zero-order valence-electron chi connectivity index (χ0n) is 46.9. The topological polar surface area (TPSA) is 18.0 Å². The van der Waals surface area contributed by atoms with E-state index in [1.165, 1.54) is 122 Å². The molecule has 13 rings (SSSR count). The van der Waals surface area contributed by atoms with Crippen molar-refractivity contribution in [2.24, 2.45) is 0 Å². The SMILES string of the molecule is CC(C)(C)c1ccc(N2c3cc(C(C)(C)C)cc4c3B(c3c2n(-c2ccccc2)c2ccc(C(C)(C)C)cc32)n2c3ccc(C(C)(C)C)cc3c3c2c-4cc2c4cc(C(C)(C)C)ccc4n(-c4ccccc4)c23)cc1. The average Bonchev–Trinajstić information content (AvgIpc) is 4.11. The molecule has 0 aliphatic carbocycles. The number of rotatable bonds is 3. The van der Waals surface area contributed by atoms with Gasteiger partial charge in [-0.15, -0.1) is 0 Å². The molecule has 0 spiro atoms. The summed E-state index contributed by atoms with van der Waals surface area (Å²) in [4.78, 5) is 2.65. The van der Waals surface area contributed by atoms with E-state index in [2.05, 4.69) is 280 Å². The molecule has 0 saturated heterocycles. The number of nitrogens with zero attached hydrogens (tertiary/aromatic N) is 4. The number of hydrogen-bond donors (Lipinski definition) is 0. The van der Waals surface area contributed by atoms with Gasteiger partial charge in [0.25, 0.3) is 0 Å². The Kier molecular flexibility index (Phi) is 9.92. The lowest BCUT2D eigenvalue weighted by Crippen LogP contribution is -2.57. The largest absolute Gasteiger partial charge is 0.375 e. The molecule has 5 heteroatoms. The van der Waals surface area contributed by atoms with Crippen molar-refractivity contribution in [3.8, 4) is 22.5 Å². The number of aromatic nitrogens is 3. The first-order valence-corrected chi connectivity index (χ1v) is 27.4. The zero-order chi connectivity index (χ0) is 52.6. The van der Waals surface area contributed by atoms with E-state index < -0.39 is 0 Å². The van der Waals surface area contributed by atoms with Crippen molar-refractivity contribution in [1.29, 1.82) is 0 Å². The molecule has 2 aliphatic heterocycles. The molecule has 3 aromatic heterocycles. The van der Waals surface area contributed by atoms with Gasteiger partial charge in [0.05, 0.1) is 16.6 Å². The standard InChI is InChI=1S/C70H71BN4/c1-66(2,3)42-26-31-49(32-27-42)74-59-40-46(70(13,14)15)39-51-53-41-52-50-36-43(67(4,5)6)28-33-56(50)72(47-22-18-16-19-23-47)63(52)60-54-37-44(68(7,8)9)30-35-58(54)75(64(53)60)71(61(51)59)62-55-38-45(69(10,11)12)29-34-57(55)73(65(62)74)48-24-20-17-21-25-48/h16-41H,1-15H3. The summed E-state index contributed by atoms with van der Waals surface area (Å²) in [5, 5.41) is 6.49. The van der Waals surface area contributed by atoms with Gasteiger partial charge in [-0.1, -0.05) is 177 Å². The van der Waals surface area contributed by atoms with Gasteiger partial charge in [-0.2, -0.15) is 0 Å². The van der Waals surface area contributed by atoms with Crippen molar-refractivity contribution in [3.05, 3.63) is 186 Å². The van der Waals surface area contributed by atoms with E-state index >= 15 is 0 Å². The van der Waals surface area contributed by atoms with E-state index in [9.17, 15) is 0 Å². The fraction of sp³-hybridized carbons (Fsp3) is 0.286. The van der Waals surface area contributed by atoms with Crippen LogP contribution in [0.3, 0.4) is 0 Å². The van der Waals surface area contributed by atoms with Gasteiger partial charge in [0.1, 0.15) is 5.82 Å². The molecular formula is C70H71BN4. The summed E-state index contributed by atoms with van der Waals surface area (Å²) in [6.45, 7) is 35.1. The Bertz CT molecular complexity index is 4160. The number of fused-ring (bicyclic) bond motifs is 13. The van der Waals surface area contributed by atoms with Crippen molar-refractivity contribution < 1.29 is 0 Å². The third-order valence-electron chi connectivity index (χ3n) is 17.0. The van der Waals surface area contributed by atoms with E-state index in [-0.39, 0.29) is 33.9 Å². The third-order valence-corrected chi connectivity index (χ3v) is 17.0. The minimum Gasteiger partial charge on any atom is -0.375 e. The second kappa shape index (κ2) is 15.7. The van der Waals surface area contributed by atoms with Crippen molar-refractivity contribution >= 4 is 89.5 Å². The van der Waals surface area contributed by atoms with Crippen molar-refractivity contribution in [1.82, 2.24) is 13.6 Å². The van der Waals surface area contributed by atoms with Crippen LogP contribution in [0.15, 0.2) is 158 Å². The van der Waals surface area contributed by atoms with Crippen molar-refractivity contribution in [2.45, 2.75) is 131 Å². The quantitative estimate of drug-likeness (QED) is 0.161. The molecule has 0 N–H and O–H groups in total. The van der Waals surface area contributed by atoms with Gasteiger partial charge >= 0.3 is 6.85 Å². The maximum absolute atomic E-state index is 2.81. The average molecular weight is 979 g/mol. The predicted molar refractivity (Wildman–Crippen MR) is 325 cm³/mol. The molecule has 2 aliphatic rings. The van der Waals surface area contributed by atoms with Crippen LogP contribution in [0.25, 0.3) is 77.0 Å². The Morgan fingerprint density at radius 2 is 0.813 bits per heavy atom. The Hall–Kier alpha value is -7.24. The van der Waals surface area contributed by atoms with Crippen LogP contribution in [0.4, 0.5) is 17.2 Å². The fourth-order valence-corrected chi connectivity index (χ4v) is 12.7. The number of benzene rings is 8. The summed E-state index contributed by atoms with van der Waals surface area (Å²) < 4.78 is 7.97. The number of anilines is 3. The molecule has 0 bridgehead atoms. The molecule has 4 nitrogen and oxygen atoms in total. The van der Waals surface area contributed by atoms with Crippen molar-refractivity contribution in [2.75, 3.05) is 4.90 Å². The number of hydrogen-bond acceptors (Lipinski definition) is 1. The summed E-state index contributed by atoms with van der Waals surface area (Å²) >= 11 is 0. The molecular weight excluding hydrogens is 908 g/mol. The highest BCUT2D eigenvalue weighted by molar-refractivity contribution is 6.91. The van der Waals surface area contributed by atoms with E-state index in [0.717, 1.165) is 11.4 Å². The Balaban J connectivity index is 1.30. The Morgan fingerprint density at radius 1 is 0.333 bits per heavy atom. The van der Waals surface area contributed by atoms with Gasteiger partial charge in [0.15, 0.2) is 0 Å². The van der Waals surface area contributed by atoms with Crippen LogP contribution in [0, 0.1) is 0 Å².